The molecule has 1 aliphatic carbocycles. The van der Waals surface area contributed by atoms with Crippen LogP contribution in [0.2, 0.25) is 0 Å². The zero-order valence-corrected chi connectivity index (χ0v) is 19.6. The van der Waals surface area contributed by atoms with E-state index in [2.05, 4.69) is 37.3 Å². The van der Waals surface area contributed by atoms with Crippen LogP contribution in [-0.4, -0.2) is 51.2 Å². The molecule has 1 aromatic rings. The quantitative estimate of drug-likeness (QED) is 0.546. The minimum absolute atomic E-state index is 0.155. The third kappa shape index (κ3) is 8.04. The zero-order valence-electron chi connectivity index (χ0n) is 18.8. The van der Waals surface area contributed by atoms with Gasteiger partial charge in [-0.3, -0.25) is 4.90 Å². The Morgan fingerprint density at radius 1 is 1.03 bits per heavy atom. The summed E-state index contributed by atoms with van der Waals surface area (Å²) in [7, 11) is -3.83. The molecule has 0 radical (unpaired) electrons. The number of halogens is 3. The van der Waals surface area contributed by atoms with Gasteiger partial charge in [-0.05, 0) is 83.6 Å². The average molecular weight is 465 g/mol. The zero-order chi connectivity index (χ0) is 23.2. The van der Waals surface area contributed by atoms with Gasteiger partial charge in [0.25, 0.3) is 0 Å². The van der Waals surface area contributed by atoms with Crippen molar-refractivity contribution in [2.24, 2.45) is 5.92 Å². The van der Waals surface area contributed by atoms with Crippen LogP contribution < -0.4 is 4.72 Å². The molecule has 0 saturated heterocycles. The van der Waals surface area contributed by atoms with Crippen LogP contribution in [0.3, 0.4) is 0 Å². The molecular formula is C22H35F3N2O3S. The van der Waals surface area contributed by atoms with Gasteiger partial charge in [-0.25, -0.2) is 13.1 Å². The van der Waals surface area contributed by atoms with Gasteiger partial charge >= 0.3 is 6.18 Å². The summed E-state index contributed by atoms with van der Waals surface area (Å²) < 4.78 is 71.3. The minimum atomic E-state index is -4.49. The first kappa shape index (κ1) is 26.1. The molecule has 1 fully saturated rings. The Morgan fingerprint density at radius 3 is 2.06 bits per heavy atom. The maximum Gasteiger partial charge on any atom is 0.416 e. The molecule has 0 aliphatic heterocycles. The molecule has 31 heavy (non-hydrogen) atoms. The fourth-order valence-corrected chi connectivity index (χ4v) is 5.19. The molecule has 9 heteroatoms. The van der Waals surface area contributed by atoms with Crippen LogP contribution >= 0.6 is 0 Å². The normalized spacial score (nSPS) is 20.7. The average Bonchev–Trinajstić information content (AvgIpc) is 2.69. The third-order valence-electron chi connectivity index (χ3n) is 5.88. The molecule has 5 nitrogen and oxygen atoms in total. The highest BCUT2D eigenvalue weighted by atomic mass is 32.2. The van der Waals surface area contributed by atoms with Gasteiger partial charge in [-0.2, -0.15) is 13.2 Å². The summed E-state index contributed by atoms with van der Waals surface area (Å²) in [4.78, 5) is 2.24. The molecule has 1 aromatic carbocycles. The number of ether oxygens (including phenoxy) is 1. The van der Waals surface area contributed by atoms with Crippen molar-refractivity contribution in [2.45, 2.75) is 82.6 Å². The SMILES string of the molecule is CC(C)N(CCOC1CCC(CNS(=O)(=O)c2ccc(C(F)(F)F)cc2)CC1)C(C)C. The molecule has 178 valence electrons. The fraction of sp³-hybridized carbons (Fsp3) is 0.727. The van der Waals surface area contributed by atoms with Gasteiger partial charge in [0.1, 0.15) is 0 Å². The second-order valence-electron chi connectivity index (χ2n) is 8.81. The summed E-state index contributed by atoms with van der Waals surface area (Å²) in [6, 6.07) is 4.50. The van der Waals surface area contributed by atoms with Crippen LogP contribution in [0.4, 0.5) is 13.2 Å². The predicted molar refractivity (Wildman–Crippen MR) is 115 cm³/mol. The molecule has 1 saturated carbocycles. The number of hydrogen-bond acceptors (Lipinski definition) is 4. The van der Waals surface area contributed by atoms with Crippen LogP contribution in [0.5, 0.6) is 0 Å². The first-order chi connectivity index (χ1) is 14.4. The second kappa shape index (κ2) is 11.1. The number of rotatable bonds is 10. The highest BCUT2D eigenvalue weighted by molar-refractivity contribution is 7.89. The van der Waals surface area contributed by atoms with E-state index in [1.54, 1.807) is 0 Å². The largest absolute Gasteiger partial charge is 0.416 e. The van der Waals surface area contributed by atoms with Crippen LogP contribution in [0.25, 0.3) is 0 Å². The van der Waals surface area contributed by atoms with Crippen molar-refractivity contribution in [1.29, 1.82) is 0 Å². The smallest absolute Gasteiger partial charge is 0.377 e. The lowest BCUT2D eigenvalue weighted by Gasteiger charge is -2.32. The monoisotopic (exact) mass is 464 g/mol. The lowest BCUT2D eigenvalue weighted by atomic mass is 9.87. The molecule has 0 amide bonds. The van der Waals surface area contributed by atoms with Crippen molar-refractivity contribution in [3.63, 3.8) is 0 Å². The van der Waals surface area contributed by atoms with E-state index in [9.17, 15) is 21.6 Å². The number of alkyl halides is 3. The van der Waals surface area contributed by atoms with Gasteiger partial charge in [-0.15, -0.1) is 0 Å². The highest BCUT2D eigenvalue weighted by Gasteiger charge is 2.31. The van der Waals surface area contributed by atoms with Gasteiger partial charge in [0.2, 0.25) is 10.0 Å². The van der Waals surface area contributed by atoms with E-state index in [1.165, 1.54) is 0 Å². The van der Waals surface area contributed by atoms with Crippen LogP contribution in [-0.2, 0) is 20.9 Å². The molecule has 0 spiro atoms. The van der Waals surface area contributed by atoms with Crippen LogP contribution in [0, 0.1) is 5.92 Å². The van der Waals surface area contributed by atoms with E-state index in [1.807, 2.05) is 0 Å². The van der Waals surface area contributed by atoms with Crippen molar-refractivity contribution >= 4 is 10.0 Å². The summed E-state index contributed by atoms with van der Waals surface area (Å²) in [6.07, 6.45) is -0.801. The number of benzene rings is 1. The number of nitrogens with one attached hydrogen (secondary N) is 1. The maximum absolute atomic E-state index is 12.6. The van der Waals surface area contributed by atoms with Crippen LogP contribution in [0.1, 0.15) is 58.9 Å². The number of sulfonamides is 1. The van der Waals surface area contributed by atoms with Gasteiger partial charge in [0.15, 0.2) is 0 Å². The summed E-state index contributed by atoms with van der Waals surface area (Å²) in [5, 5.41) is 0. The van der Waals surface area contributed by atoms with Crippen molar-refractivity contribution < 1.29 is 26.3 Å². The maximum atomic E-state index is 12.6. The standard InChI is InChI=1S/C22H35F3N2O3S/c1-16(2)27(17(3)4)13-14-30-20-9-5-18(6-10-20)15-26-31(28,29)21-11-7-19(8-12-21)22(23,24)25/h7-8,11-12,16-18,20,26H,5-6,9-10,13-15H2,1-4H3. The van der Waals surface area contributed by atoms with Crippen molar-refractivity contribution in [3.05, 3.63) is 29.8 Å². The summed E-state index contributed by atoms with van der Waals surface area (Å²) >= 11 is 0. The first-order valence-corrected chi connectivity index (χ1v) is 12.4. The van der Waals surface area contributed by atoms with Crippen molar-refractivity contribution in [2.75, 3.05) is 19.7 Å². The lowest BCUT2D eigenvalue weighted by Crippen LogP contribution is -2.40. The molecule has 1 N–H and O–H groups in total. The second-order valence-corrected chi connectivity index (χ2v) is 10.6. The van der Waals surface area contributed by atoms with E-state index < -0.39 is 21.8 Å². The van der Waals surface area contributed by atoms with Gasteiger partial charge < -0.3 is 4.74 Å². The van der Waals surface area contributed by atoms with E-state index in [0.717, 1.165) is 56.5 Å². The molecule has 1 aliphatic rings. The van der Waals surface area contributed by atoms with Crippen molar-refractivity contribution in [1.82, 2.24) is 9.62 Å². The van der Waals surface area contributed by atoms with Gasteiger partial charge in [-0.1, -0.05) is 0 Å². The van der Waals surface area contributed by atoms with E-state index >= 15 is 0 Å². The number of nitrogens with zero attached hydrogens (tertiary/aromatic N) is 1. The third-order valence-corrected chi connectivity index (χ3v) is 7.32. The Hall–Kier alpha value is -1.16. The summed E-state index contributed by atoms with van der Waals surface area (Å²) in [6.45, 7) is 10.6. The predicted octanol–water partition coefficient (Wildman–Crippen LogP) is 4.68. The molecule has 2 rings (SSSR count). The van der Waals surface area contributed by atoms with E-state index in [-0.39, 0.29) is 23.5 Å². The highest BCUT2D eigenvalue weighted by Crippen LogP contribution is 2.30. The molecule has 0 bridgehead atoms. The number of hydrogen-bond donors (Lipinski definition) is 1. The Bertz CT molecular complexity index is 764. The minimum Gasteiger partial charge on any atom is -0.377 e. The lowest BCUT2D eigenvalue weighted by molar-refractivity contribution is -0.137. The summed E-state index contributed by atoms with van der Waals surface area (Å²) in [5.41, 5.74) is -0.866. The van der Waals surface area contributed by atoms with Gasteiger partial charge in [0.05, 0.1) is 23.2 Å². The Morgan fingerprint density at radius 2 is 1.58 bits per heavy atom. The Balaban J connectivity index is 1.75. The van der Waals surface area contributed by atoms with Crippen molar-refractivity contribution in [3.8, 4) is 0 Å². The molecule has 0 aromatic heterocycles. The molecule has 0 heterocycles. The molecule has 0 unspecified atom stereocenters. The summed E-state index contributed by atoms with van der Waals surface area (Å²) in [5.74, 6) is 0.201. The van der Waals surface area contributed by atoms with E-state index in [0.29, 0.717) is 18.7 Å². The van der Waals surface area contributed by atoms with Gasteiger partial charge in [0, 0.05) is 25.2 Å². The van der Waals surface area contributed by atoms with E-state index in [4.69, 9.17) is 4.74 Å². The fourth-order valence-electron chi connectivity index (χ4n) is 4.07. The first-order valence-electron chi connectivity index (χ1n) is 10.9. The Kier molecular flexibility index (Phi) is 9.36. The Labute approximate surface area is 184 Å². The molecule has 0 atom stereocenters. The molecular weight excluding hydrogens is 429 g/mol. The van der Waals surface area contributed by atoms with Crippen LogP contribution in [0.15, 0.2) is 29.2 Å². The topological polar surface area (TPSA) is 58.6 Å².